The largest absolute Gasteiger partial charge is 0.481 e. The standard InChI is InChI=1S/C19H21FN4O5S2/c1-3-29-19-21-8-18(30-19)31(27,28)23-9-11(2)16(10-23)24-15-6-12(20)4-5-13(15)14(22-24)7-17(25)26/h4-6,8,11,16H,3,7,9-10H2,1-2H3,(H,25,26)/t11-,16+/m1/s1. The topological polar surface area (TPSA) is 115 Å². The van der Waals surface area contributed by atoms with Gasteiger partial charge in [0.05, 0.1) is 36.5 Å². The van der Waals surface area contributed by atoms with Crippen molar-refractivity contribution in [3.8, 4) is 5.19 Å². The summed E-state index contributed by atoms with van der Waals surface area (Å²) in [6, 6.07) is 3.69. The third-order valence-electron chi connectivity index (χ3n) is 5.24. The third kappa shape index (κ3) is 4.02. The number of aromatic nitrogens is 3. The minimum Gasteiger partial charge on any atom is -0.481 e. The maximum Gasteiger partial charge on any atom is 0.309 e. The summed E-state index contributed by atoms with van der Waals surface area (Å²) in [5.41, 5.74) is 0.767. The summed E-state index contributed by atoms with van der Waals surface area (Å²) in [4.78, 5) is 15.2. The first kappa shape index (κ1) is 21.7. The molecule has 0 amide bonds. The Morgan fingerprint density at radius 2 is 2.16 bits per heavy atom. The van der Waals surface area contributed by atoms with Crippen LogP contribution in [0.4, 0.5) is 4.39 Å². The zero-order valence-corrected chi connectivity index (χ0v) is 18.5. The van der Waals surface area contributed by atoms with Crippen LogP contribution < -0.4 is 4.74 Å². The molecule has 1 N–H and O–H groups in total. The fourth-order valence-electron chi connectivity index (χ4n) is 3.80. The summed E-state index contributed by atoms with van der Waals surface area (Å²) >= 11 is 0.965. The van der Waals surface area contributed by atoms with Crippen LogP contribution in [0.3, 0.4) is 0 Å². The maximum absolute atomic E-state index is 13.9. The molecule has 0 unspecified atom stereocenters. The Labute approximate surface area is 182 Å². The average molecular weight is 469 g/mol. The molecule has 1 aliphatic heterocycles. The van der Waals surface area contributed by atoms with Crippen LogP contribution in [-0.2, 0) is 21.2 Å². The van der Waals surface area contributed by atoms with Gasteiger partial charge in [0.15, 0.2) is 4.21 Å². The monoisotopic (exact) mass is 468 g/mol. The Morgan fingerprint density at radius 3 is 2.87 bits per heavy atom. The molecular formula is C19H21FN4O5S2. The van der Waals surface area contributed by atoms with Crippen molar-refractivity contribution in [2.75, 3.05) is 19.7 Å². The van der Waals surface area contributed by atoms with E-state index in [1.807, 2.05) is 6.92 Å². The molecule has 4 rings (SSSR count). The number of benzene rings is 1. The Kier molecular flexibility index (Phi) is 5.71. The Morgan fingerprint density at radius 1 is 1.39 bits per heavy atom. The van der Waals surface area contributed by atoms with Crippen LogP contribution in [0.15, 0.2) is 28.6 Å². The number of carboxylic acid groups (broad SMARTS) is 1. The minimum atomic E-state index is -3.78. The summed E-state index contributed by atoms with van der Waals surface area (Å²) in [6.07, 6.45) is 0.978. The fourth-order valence-corrected chi connectivity index (χ4v) is 6.54. The first-order valence-corrected chi connectivity index (χ1v) is 11.9. The molecule has 0 saturated carbocycles. The van der Waals surface area contributed by atoms with Gasteiger partial charge in [0, 0.05) is 18.5 Å². The molecule has 1 saturated heterocycles. The van der Waals surface area contributed by atoms with Crippen LogP contribution in [0.5, 0.6) is 5.19 Å². The predicted molar refractivity (Wildman–Crippen MR) is 111 cm³/mol. The number of ether oxygens (including phenoxy) is 1. The number of sulfonamides is 1. The first-order chi connectivity index (χ1) is 14.7. The second-order valence-electron chi connectivity index (χ2n) is 7.37. The quantitative estimate of drug-likeness (QED) is 0.567. The van der Waals surface area contributed by atoms with Crippen LogP contribution in [0.2, 0.25) is 0 Å². The molecule has 9 nitrogen and oxygen atoms in total. The lowest BCUT2D eigenvalue weighted by molar-refractivity contribution is -0.136. The molecule has 31 heavy (non-hydrogen) atoms. The first-order valence-electron chi connectivity index (χ1n) is 9.68. The zero-order valence-electron chi connectivity index (χ0n) is 16.9. The number of nitrogens with zero attached hydrogens (tertiary/aromatic N) is 4. The van der Waals surface area contributed by atoms with Crippen molar-refractivity contribution in [1.82, 2.24) is 19.1 Å². The van der Waals surface area contributed by atoms with Crippen LogP contribution in [0, 0.1) is 11.7 Å². The maximum atomic E-state index is 13.9. The van der Waals surface area contributed by atoms with Crippen molar-refractivity contribution in [2.24, 2.45) is 5.92 Å². The van der Waals surface area contributed by atoms with Gasteiger partial charge >= 0.3 is 5.97 Å². The molecule has 1 fully saturated rings. The van der Waals surface area contributed by atoms with Crippen molar-refractivity contribution < 1.29 is 27.4 Å². The zero-order chi connectivity index (χ0) is 22.3. The van der Waals surface area contributed by atoms with Gasteiger partial charge in [0.1, 0.15) is 5.82 Å². The molecule has 1 aromatic carbocycles. The van der Waals surface area contributed by atoms with E-state index in [0.29, 0.717) is 23.2 Å². The number of carboxylic acids is 1. The number of halogens is 1. The van der Waals surface area contributed by atoms with E-state index in [0.717, 1.165) is 11.3 Å². The molecule has 0 radical (unpaired) electrons. The highest BCUT2D eigenvalue weighted by Crippen LogP contribution is 2.36. The lowest BCUT2D eigenvalue weighted by atomic mass is 10.1. The van der Waals surface area contributed by atoms with Crippen LogP contribution in [-0.4, -0.2) is 58.3 Å². The van der Waals surface area contributed by atoms with E-state index in [2.05, 4.69) is 10.1 Å². The molecule has 0 spiro atoms. The second kappa shape index (κ2) is 8.17. The fraction of sp³-hybridized carbons (Fsp3) is 0.421. The van der Waals surface area contributed by atoms with Crippen LogP contribution >= 0.6 is 11.3 Å². The summed E-state index contributed by atoms with van der Waals surface area (Å²) in [5.74, 6) is -1.65. The normalized spacial score (nSPS) is 19.8. The van der Waals surface area contributed by atoms with Gasteiger partial charge in [0.25, 0.3) is 15.2 Å². The van der Waals surface area contributed by atoms with Gasteiger partial charge in [0.2, 0.25) is 0 Å². The summed E-state index contributed by atoms with van der Waals surface area (Å²) in [5, 5.41) is 14.5. The van der Waals surface area contributed by atoms with E-state index < -0.39 is 21.8 Å². The molecule has 12 heteroatoms. The Bertz CT molecular complexity index is 1240. The predicted octanol–water partition coefficient (Wildman–Crippen LogP) is 2.54. The number of hydrogen-bond acceptors (Lipinski definition) is 7. The minimum absolute atomic E-state index is 0.0896. The van der Waals surface area contributed by atoms with Crippen molar-refractivity contribution in [3.63, 3.8) is 0 Å². The summed E-state index contributed by atoms with van der Waals surface area (Å²) in [7, 11) is -3.78. The molecule has 0 aliphatic carbocycles. The number of aliphatic carboxylic acids is 1. The van der Waals surface area contributed by atoms with Gasteiger partial charge in [-0.1, -0.05) is 18.3 Å². The molecule has 2 aromatic heterocycles. The Balaban J connectivity index is 1.68. The van der Waals surface area contributed by atoms with Gasteiger partial charge in [-0.3, -0.25) is 9.48 Å². The molecular weight excluding hydrogens is 447 g/mol. The van der Waals surface area contributed by atoms with E-state index in [4.69, 9.17) is 4.74 Å². The van der Waals surface area contributed by atoms with Crippen molar-refractivity contribution in [2.45, 2.75) is 30.5 Å². The van der Waals surface area contributed by atoms with Crippen molar-refractivity contribution in [3.05, 3.63) is 35.9 Å². The number of thiazole rings is 1. The molecule has 2 atom stereocenters. The van der Waals surface area contributed by atoms with Crippen LogP contribution in [0.1, 0.15) is 25.6 Å². The molecule has 1 aliphatic rings. The SMILES string of the molecule is CCOc1ncc(S(=O)(=O)N2C[C@@H](C)[C@@H](n3nc(CC(=O)O)c4ccc(F)cc43)C2)s1. The summed E-state index contributed by atoms with van der Waals surface area (Å²) < 4.78 is 48.5. The van der Waals surface area contributed by atoms with Crippen LogP contribution in [0.25, 0.3) is 10.9 Å². The van der Waals surface area contributed by atoms with E-state index in [1.54, 1.807) is 11.6 Å². The van der Waals surface area contributed by atoms with Gasteiger partial charge in [-0.05, 0) is 31.0 Å². The van der Waals surface area contributed by atoms with E-state index in [9.17, 15) is 22.7 Å². The number of hydrogen-bond donors (Lipinski definition) is 1. The van der Waals surface area contributed by atoms with Crippen molar-refractivity contribution >= 4 is 38.2 Å². The van der Waals surface area contributed by atoms with E-state index in [1.165, 1.54) is 28.7 Å². The smallest absolute Gasteiger partial charge is 0.309 e. The van der Waals surface area contributed by atoms with Gasteiger partial charge in [-0.25, -0.2) is 17.8 Å². The molecule has 3 aromatic rings. The number of carbonyl (C=O) groups is 1. The molecule has 166 valence electrons. The second-order valence-corrected chi connectivity index (χ2v) is 10.5. The van der Waals surface area contributed by atoms with Gasteiger partial charge in [-0.15, -0.1) is 0 Å². The van der Waals surface area contributed by atoms with Gasteiger partial charge < -0.3 is 9.84 Å². The lowest BCUT2D eigenvalue weighted by Crippen LogP contribution is -2.29. The lowest BCUT2D eigenvalue weighted by Gasteiger charge is -2.17. The number of rotatable bonds is 7. The third-order valence-corrected chi connectivity index (χ3v) is 8.42. The number of fused-ring (bicyclic) bond motifs is 1. The Hall–Kier alpha value is -2.57. The van der Waals surface area contributed by atoms with Crippen molar-refractivity contribution in [1.29, 1.82) is 0 Å². The summed E-state index contributed by atoms with van der Waals surface area (Å²) in [6.45, 7) is 4.45. The van der Waals surface area contributed by atoms with Gasteiger partial charge in [-0.2, -0.15) is 9.40 Å². The molecule has 3 heterocycles. The van der Waals surface area contributed by atoms with E-state index >= 15 is 0 Å². The highest BCUT2D eigenvalue weighted by Gasteiger charge is 2.40. The highest BCUT2D eigenvalue weighted by atomic mass is 32.2. The highest BCUT2D eigenvalue weighted by molar-refractivity contribution is 7.91. The average Bonchev–Trinajstić information content (AvgIpc) is 3.40. The molecule has 0 bridgehead atoms. The van der Waals surface area contributed by atoms with E-state index in [-0.39, 0.29) is 40.9 Å².